The van der Waals surface area contributed by atoms with Crippen LogP contribution in [0.15, 0.2) is 54.2 Å². The molecular formula is C15H11NO2. The number of hydrogen-bond donors (Lipinski definition) is 2. The summed E-state index contributed by atoms with van der Waals surface area (Å²) in [6.45, 7) is 0. The highest BCUT2D eigenvalue weighted by molar-refractivity contribution is 6.20. The Balaban J connectivity index is 2.02. The molecule has 2 N–H and O–H groups in total. The maximum Gasteiger partial charge on any atom is 0.211 e. The number of Topliss-reactive ketones (excluding diaryl/α,β-unsaturated/α-hetero) is 1. The van der Waals surface area contributed by atoms with Crippen molar-refractivity contribution in [3.8, 4) is 5.75 Å². The second kappa shape index (κ2) is 4.04. The minimum atomic E-state index is -0.0474. The number of rotatable bonds is 1. The molecule has 18 heavy (non-hydrogen) atoms. The van der Waals surface area contributed by atoms with Crippen LogP contribution in [0, 0.1) is 0 Å². The van der Waals surface area contributed by atoms with E-state index in [0.717, 1.165) is 5.69 Å². The fourth-order valence-corrected chi connectivity index (χ4v) is 2.00. The summed E-state index contributed by atoms with van der Waals surface area (Å²) >= 11 is 0. The zero-order chi connectivity index (χ0) is 12.5. The average molecular weight is 237 g/mol. The summed E-state index contributed by atoms with van der Waals surface area (Å²) in [5.74, 6) is 0.115. The first-order valence-corrected chi connectivity index (χ1v) is 5.66. The van der Waals surface area contributed by atoms with Crippen LogP contribution >= 0.6 is 0 Å². The Bertz CT molecular complexity index is 659. The molecule has 88 valence electrons. The normalized spacial score (nSPS) is 15.6. The monoisotopic (exact) mass is 237 g/mol. The van der Waals surface area contributed by atoms with Gasteiger partial charge in [0, 0.05) is 16.8 Å². The lowest BCUT2D eigenvalue weighted by Gasteiger charge is -2.00. The Morgan fingerprint density at radius 1 is 1.00 bits per heavy atom. The van der Waals surface area contributed by atoms with Crippen LogP contribution in [-0.2, 0) is 0 Å². The second-order valence-corrected chi connectivity index (χ2v) is 4.12. The number of carbonyl (C=O) groups is 1. The molecule has 0 bridgehead atoms. The van der Waals surface area contributed by atoms with Crippen LogP contribution in [0.2, 0.25) is 0 Å². The van der Waals surface area contributed by atoms with Crippen LogP contribution in [0.1, 0.15) is 15.9 Å². The van der Waals surface area contributed by atoms with E-state index in [1.807, 2.05) is 24.3 Å². The van der Waals surface area contributed by atoms with Gasteiger partial charge >= 0.3 is 0 Å². The molecule has 2 aromatic rings. The van der Waals surface area contributed by atoms with Crippen molar-refractivity contribution in [3.05, 3.63) is 65.4 Å². The summed E-state index contributed by atoms with van der Waals surface area (Å²) in [7, 11) is 0. The number of allylic oxidation sites excluding steroid dienone is 1. The number of ketones is 1. The molecule has 0 amide bonds. The summed E-state index contributed by atoms with van der Waals surface area (Å²) in [5.41, 5.74) is 2.59. The molecule has 1 heterocycles. The van der Waals surface area contributed by atoms with Crippen molar-refractivity contribution < 1.29 is 9.90 Å². The lowest BCUT2D eigenvalue weighted by Crippen LogP contribution is -1.99. The van der Waals surface area contributed by atoms with Gasteiger partial charge in [-0.15, -0.1) is 0 Å². The largest absolute Gasteiger partial charge is 0.507 e. The summed E-state index contributed by atoms with van der Waals surface area (Å²) in [6, 6.07) is 14.3. The van der Waals surface area contributed by atoms with Crippen molar-refractivity contribution in [1.82, 2.24) is 0 Å². The maximum atomic E-state index is 12.1. The van der Waals surface area contributed by atoms with Crippen LogP contribution in [0.5, 0.6) is 5.75 Å². The highest BCUT2D eigenvalue weighted by atomic mass is 16.3. The van der Waals surface area contributed by atoms with E-state index >= 15 is 0 Å². The van der Waals surface area contributed by atoms with Crippen molar-refractivity contribution in [2.24, 2.45) is 0 Å². The van der Waals surface area contributed by atoms with Crippen molar-refractivity contribution in [2.75, 3.05) is 5.32 Å². The third kappa shape index (κ3) is 1.66. The summed E-state index contributed by atoms with van der Waals surface area (Å²) in [4.78, 5) is 12.1. The molecule has 0 atom stereocenters. The standard InChI is InChI=1S/C15H11NO2/c17-14-8-4-1-5-10(14)9-13-15(18)11-6-2-3-7-12(11)16-13/h1-9,16-17H/b13-9-. The van der Waals surface area contributed by atoms with Crippen LogP contribution in [0.25, 0.3) is 6.08 Å². The molecule has 0 spiro atoms. The van der Waals surface area contributed by atoms with Gasteiger partial charge in [-0.3, -0.25) is 4.79 Å². The number of nitrogens with one attached hydrogen (secondary N) is 1. The summed E-state index contributed by atoms with van der Waals surface area (Å²) < 4.78 is 0. The zero-order valence-electron chi connectivity index (χ0n) is 9.55. The molecule has 0 fully saturated rings. The smallest absolute Gasteiger partial charge is 0.211 e. The van der Waals surface area contributed by atoms with E-state index in [4.69, 9.17) is 0 Å². The van der Waals surface area contributed by atoms with Gasteiger partial charge < -0.3 is 10.4 Å². The Hall–Kier alpha value is -2.55. The van der Waals surface area contributed by atoms with Crippen LogP contribution in [0.4, 0.5) is 5.69 Å². The molecule has 0 unspecified atom stereocenters. The number of fused-ring (bicyclic) bond motifs is 1. The van der Waals surface area contributed by atoms with Gasteiger partial charge in [-0.25, -0.2) is 0 Å². The molecule has 0 aliphatic carbocycles. The lowest BCUT2D eigenvalue weighted by molar-refractivity contribution is 0.104. The number of carbonyl (C=O) groups excluding carboxylic acids is 1. The average Bonchev–Trinajstić information content (AvgIpc) is 2.70. The zero-order valence-corrected chi connectivity index (χ0v) is 9.55. The van der Waals surface area contributed by atoms with E-state index in [1.165, 1.54) is 0 Å². The van der Waals surface area contributed by atoms with Crippen LogP contribution in [-0.4, -0.2) is 10.9 Å². The SMILES string of the molecule is O=C1/C(=C/c2ccccc2O)Nc2ccccc21. The fraction of sp³-hybridized carbons (Fsp3) is 0. The van der Waals surface area contributed by atoms with Gasteiger partial charge in [0.1, 0.15) is 5.75 Å². The number of para-hydroxylation sites is 2. The number of hydrogen-bond acceptors (Lipinski definition) is 3. The van der Waals surface area contributed by atoms with Crippen molar-refractivity contribution in [2.45, 2.75) is 0 Å². The quantitative estimate of drug-likeness (QED) is 0.749. The predicted molar refractivity (Wildman–Crippen MR) is 70.5 cm³/mol. The third-order valence-electron chi connectivity index (χ3n) is 2.92. The topological polar surface area (TPSA) is 49.3 Å². The lowest BCUT2D eigenvalue weighted by atomic mass is 10.1. The first kappa shape index (κ1) is 10.6. The Labute approximate surface area is 104 Å². The third-order valence-corrected chi connectivity index (χ3v) is 2.92. The second-order valence-electron chi connectivity index (χ2n) is 4.12. The number of benzene rings is 2. The number of phenolic OH excluding ortho intramolecular Hbond substituents is 1. The van der Waals surface area contributed by atoms with Crippen molar-refractivity contribution in [3.63, 3.8) is 0 Å². The van der Waals surface area contributed by atoms with Gasteiger partial charge in [-0.05, 0) is 24.3 Å². The van der Waals surface area contributed by atoms with Crippen molar-refractivity contribution in [1.29, 1.82) is 0 Å². The van der Waals surface area contributed by atoms with Gasteiger partial charge in [-0.1, -0.05) is 30.3 Å². The minimum absolute atomic E-state index is 0.0474. The molecule has 1 aliphatic rings. The molecule has 1 aliphatic heterocycles. The first-order chi connectivity index (χ1) is 8.75. The first-order valence-electron chi connectivity index (χ1n) is 5.66. The minimum Gasteiger partial charge on any atom is -0.507 e. The van der Waals surface area contributed by atoms with Crippen LogP contribution in [0.3, 0.4) is 0 Å². The molecule has 0 saturated carbocycles. The molecule has 2 aromatic carbocycles. The number of aromatic hydroxyl groups is 1. The van der Waals surface area contributed by atoms with Gasteiger partial charge in [0.2, 0.25) is 5.78 Å². The van der Waals surface area contributed by atoms with E-state index in [2.05, 4.69) is 5.32 Å². The highest BCUT2D eigenvalue weighted by Crippen LogP contribution is 2.29. The Morgan fingerprint density at radius 2 is 1.72 bits per heavy atom. The van der Waals surface area contributed by atoms with Crippen molar-refractivity contribution >= 4 is 17.5 Å². The van der Waals surface area contributed by atoms with Gasteiger partial charge in [0.15, 0.2) is 0 Å². The number of anilines is 1. The molecular weight excluding hydrogens is 226 g/mol. The Morgan fingerprint density at radius 3 is 2.50 bits per heavy atom. The van der Waals surface area contributed by atoms with Crippen LogP contribution < -0.4 is 5.32 Å². The molecule has 3 nitrogen and oxygen atoms in total. The molecule has 0 saturated heterocycles. The van der Waals surface area contributed by atoms with E-state index in [9.17, 15) is 9.90 Å². The molecule has 0 radical (unpaired) electrons. The molecule has 0 aromatic heterocycles. The summed E-state index contributed by atoms with van der Waals surface area (Å²) in [5, 5.41) is 12.8. The van der Waals surface area contributed by atoms with Gasteiger partial charge in [0.25, 0.3) is 0 Å². The van der Waals surface area contributed by atoms with E-state index in [0.29, 0.717) is 16.8 Å². The van der Waals surface area contributed by atoms with E-state index in [-0.39, 0.29) is 11.5 Å². The Kier molecular flexibility index (Phi) is 2.38. The van der Waals surface area contributed by atoms with Gasteiger partial charge in [0.05, 0.1) is 5.70 Å². The van der Waals surface area contributed by atoms with E-state index in [1.54, 1.807) is 30.3 Å². The molecule has 3 heteroatoms. The fourth-order valence-electron chi connectivity index (χ4n) is 2.00. The number of phenols is 1. The molecule has 3 rings (SSSR count). The summed E-state index contributed by atoms with van der Waals surface area (Å²) in [6.07, 6.45) is 1.66. The highest BCUT2D eigenvalue weighted by Gasteiger charge is 2.23. The van der Waals surface area contributed by atoms with E-state index < -0.39 is 0 Å². The maximum absolute atomic E-state index is 12.1. The predicted octanol–water partition coefficient (Wildman–Crippen LogP) is 3.04. The van der Waals surface area contributed by atoms with Gasteiger partial charge in [-0.2, -0.15) is 0 Å².